The number of anilines is 1. The fourth-order valence-electron chi connectivity index (χ4n) is 5.07. The third kappa shape index (κ3) is 2.84. The zero-order chi connectivity index (χ0) is 19.3. The van der Waals surface area contributed by atoms with Crippen LogP contribution < -0.4 is 15.8 Å². The lowest BCUT2D eigenvalue weighted by Gasteiger charge is -2.43. The average molecular weight is 379 g/mol. The van der Waals surface area contributed by atoms with E-state index in [1.807, 2.05) is 30.3 Å². The summed E-state index contributed by atoms with van der Waals surface area (Å²) < 4.78 is 13.3. The van der Waals surface area contributed by atoms with E-state index in [9.17, 15) is 14.0 Å². The van der Waals surface area contributed by atoms with Gasteiger partial charge in [0.2, 0.25) is 5.91 Å². The number of hydrogen-bond donors (Lipinski definition) is 2. The first-order valence-electron chi connectivity index (χ1n) is 9.78. The van der Waals surface area contributed by atoms with E-state index in [0.717, 1.165) is 17.7 Å². The van der Waals surface area contributed by atoms with Crippen molar-refractivity contribution in [2.24, 2.45) is 17.8 Å². The number of benzene rings is 2. The minimum atomic E-state index is -0.286. The van der Waals surface area contributed by atoms with Crippen molar-refractivity contribution in [2.45, 2.75) is 24.9 Å². The van der Waals surface area contributed by atoms with Gasteiger partial charge in [0.15, 0.2) is 0 Å². The summed E-state index contributed by atoms with van der Waals surface area (Å²) in [7, 11) is 0. The summed E-state index contributed by atoms with van der Waals surface area (Å²) in [4.78, 5) is 26.1. The van der Waals surface area contributed by atoms with Gasteiger partial charge in [0.25, 0.3) is 0 Å². The Bertz CT molecular complexity index is 902. The molecule has 3 aliphatic rings. The smallest absolute Gasteiger partial charge is 0.247 e. The van der Waals surface area contributed by atoms with E-state index in [4.69, 9.17) is 0 Å². The molecule has 5 nitrogen and oxygen atoms in total. The molecule has 1 aliphatic carbocycles. The predicted octanol–water partition coefficient (Wildman–Crippen LogP) is 2.60. The number of hydrogen-bond acceptors (Lipinski definition) is 4. The SMILES string of the molecule is O=C1CC(c2ccc(F)cc2)CC2C1CNC1NN(c3ccccc3)C(=O)C12. The molecule has 0 radical (unpaired) electrons. The van der Waals surface area contributed by atoms with Crippen LogP contribution in [0, 0.1) is 23.6 Å². The van der Waals surface area contributed by atoms with Gasteiger partial charge in [-0.05, 0) is 48.1 Å². The highest BCUT2D eigenvalue weighted by atomic mass is 19.1. The Labute approximate surface area is 162 Å². The Morgan fingerprint density at radius 1 is 1.00 bits per heavy atom. The van der Waals surface area contributed by atoms with E-state index in [0.29, 0.717) is 13.0 Å². The van der Waals surface area contributed by atoms with Crippen LogP contribution >= 0.6 is 0 Å². The second kappa shape index (κ2) is 6.79. The maximum atomic E-state index is 13.3. The zero-order valence-corrected chi connectivity index (χ0v) is 15.3. The number of rotatable bonds is 2. The highest BCUT2D eigenvalue weighted by Crippen LogP contribution is 2.45. The Morgan fingerprint density at radius 3 is 2.50 bits per heavy atom. The van der Waals surface area contributed by atoms with Gasteiger partial charge >= 0.3 is 0 Å². The molecule has 6 heteroatoms. The highest BCUT2D eigenvalue weighted by molar-refractivity contribution is 5.98. The summed E-state index contributed by atoms with van der Waals surface area (Å²) in [6, 6.07) is 15.9. The number of Topliss-reactive ketones (excluding diaryl/α,β-unsaturated/α-hetero) is 1. The molecule has 5 atom stereocenters. The Hall–Kier alpha value is -2.57. The molecule has 2 aromatic carbocycles. The first-order valence-corrected chi connectivity index (χ1v) is 9.78. The first-order chi connectivity index (χ1) is 13.6. The van der Waals surface area contributed by atoms with Gasteiger partial charge in [-0.25, -0.2) is 14.8 Å². The lowest BCUT2D eigenvalue weighted by molar-refractivity contribution is -0.133. The van der Waals surface area contributed by atoms with Crippen molar-refractivity contribution in [3.8, 4) is 0 Å². The molecular formula is C22H22FN3O2. The number of fused-ring (bicyclic) bond motifs is 3. The number of amides is 1. The summed E-state index contributed by atoms with van der Waals surface area (Å²) >= 11 is 0. The van der Waals surface area contributed by atoms with Crippen LogP contribution in [-0.4, -0.2) is 24.4 Å². The van der Waals surface area contributed by atoms with Gasteiger partial charge in [-0.3, -0.25) is 14.9 Å². The standard InChI is InChI=1S/C22H22FN3O2/c23-15-8-6-13(7-9-15)14-10-17-18(19(27)11-14)12-24-21-20(17)22(28)26(25-21)16-4-2-1-3-5-16/h1-9,14,17-18,20-21,24-25H,10-12H2. The van der Waals surface area contributed by atoms with E-state index >= 15 is 0 Å². The summed E-state index contributed by atoms with van der Waals surface area (Å²) in [6.45, 7) is 0.587. The molecule has 3 fully saturated rings. The van der Waals surface area contributed by atoms with Gasteiger partial charge in [-0.1, -0.05) is 30.3 Å². The minimum absolute atomic E-state index is 0.00551. The number of halogens is 1. The van der Waals surface area contributed by atoms with Crippen LogP contribution in [-0.2, 0) is 9.59 Å². The number of hydrazine groups is 1. The number of carbonyl (C=O) groups excluding carboxylic acids is 2. The van der Waals surface area contributed by atoms with Gasteiger partial charge in [0.05, 0.1) is 17.8 Å². The van der Waals surface area contributed by atoms with Crippen LogP contribution in [0.3, 0.4) is 0 Å². The quantitative estimate of drug-likeness (QED) is 0.842. The maximum Gasteiger partial charge on any atom is 0.247 e. The van der Waals surface area contributed by atoms with E-state index < -0.39 is 0 Å². The summed E-state index contributed by atoms with van der Waals surface area (Å²) in [5.74, 6) is -0.485. The molecule has 28 heavy (non-hydrogen) atoms. The largest absolute Gasteiger partial charge is 0.299 e. The highest BCUT2D eigenvalue weighted by Gasteiger charge is 2.54. The second-order valence-corrected chi connectivity index (χ2v) is 7.97. The van der Waals surface area contributed by atoms with Crippen LogP contribution in [0.1, 0.15) is 24.3 Å². The summed E-state index contributed by atoms with van der Waals surface area (Å²) in [5, 5.41) is 4.97. The zero-order valence-electron chi connectivity index (χ0n) is 15.3. The van der Waals surface area contributed by atoms with Gasteiger partial charge in [-0.15, -0.1) is 0 Å². The Balaban J connectivity index is 1.43. The minimum Gasteiger partial charge on any atom is -0.299 e. The van der Waals surface area contributed by atoms with Crippen molar-refractivity contribution >= 4 is 17.4 Å². The van der Waals surface area contributed by atoms with Gasteiger partial charge in [-0.2, -0.15) is 0 Å². The Kier molecular flexibility index (Phi) is 4.25. The molecule has 5 rings (SSSR count). The fourth-order valence-corrected chi connectivity index (χ4v) is 5.07. The third-order valence-electron chi connectivity index (χ3n) is 6.44. The molecule has 1 amide bonds. The van der Waals surface area contributed by atoms with Crippen molar-refractivity contribution < 1.29 is 14.0 Å². The predicted molar refractivity (Wildman–Crippen MR) is 103 cm³/mol. The van der Waals surface area contributed by atoms with Crippen molar-refractivity contribution in [3.05, 3.63) is 66.0 Å². The maximum absolute atomic E-state index is 13.3. The van der Waals surface area contributed by atoms with Crippen molar-refractivity contribution in [1.82, 2.24) is 10.7 Å². The summed E-state index contributed by atoms with van der Waals surface area (Å²) in [5.41, 5.74) is 5.06. The molecule has 2 aliphatic heterocycles. The van der Waals surface area contributed by atoms with Crippen LogP contribution in [0.15, 0.2) is 54.6 Å². The number of nitrogens with one attached hydrogen (secondary N) is 2. The van der Waals surface area contributed by atoms with Crippen LogP contribution in [0.5, 0.6) is 0 Å². The third-order valence-corrected chi connectivity index (χ3v) is 6.44. The molecule has 2 N–H and O–H groups in total. The molecule has 2 aromatic rings. The summed E-state index contributed by atoms with van der Waals surface area (Å²) in [6.07, 6.45) is 1.05. The molecule has 0 spiro atoms. The Morgan fingerprint density at radius 2 is 1.75 bits per heavy atom. The lowest BCUT2D eigenvalue weighted by Crippen LogP contribution is -2.57. The van der Waals surface area contributed by atoms with E-state index in [2.05, 4.69) is 10.7 Å². The normalized spacial score (nSPS) is 32.2. The molecule has 144 valence electrons. The lowest BCUT2D eigenvalue weighted by atomic mass is 9.64. The number of ketones is 1. The molecule has 2 heterocycles. The van der Waals surface area contributed by atoms with E-state index in [1.165, 1.54) is 12.1 Å². The number of piperidine rings is 1. The molecule has 0 aromatic heterocycles. The van der Waals surface area contributed by atoms with Gasteiger partial charge in [0, 0.05) is 18.9 Å². The van der Waals surface area contributed by atoms with Crippen molar-refractivity contribution in [2.75, 3.05) is 11.6 Å². The molecule has 1 saturated carbocycles. The van der Waals surface area contributed by atoms with Crippen molar-refractivity contribution in [1.29, 1.82) is 0 Å². The van der Waals surface area contributed by atoms with Crippen LogP contribution in [0.4, 0.5) is 10.1 Å². The van der Waals surface area contributed by atoms with E-state index in [1.54, 1.807) is 17.1 Å². The topological polar surface area (TPSA) is 61.4 Å². The van der Waals surface area contributed by atoms with Crippen molar-refractivity contribution in [3.63, 3.8) is 0 Å². The number of para-hydroxylation sites is 1. The van der Waals surface area contributed by atoms with E-state index in [-0.39, 0.29) is 47.3 Å². The van der Waals surface area contributed by atoms with Gasteiger partial charge in [0.1, 0.15) is 11.6 Å². The van der Waals surface area contributed by atoms with Crippen LogP contribution in [0.2, 0.25) is 0 Å². The molecule has 5 unspecified atom stereocenters. The number of carbonyl (C=O) groups is 2. The first kappa shape index (κ1) is 17.5. The monoisotopic (exact) mass is 379 g/mol. The number of nitrogens with zero attached hydrogens (tertiary/aromatic N) is 1. The second-order valence-electron chi connectivity index (χ2n) is 7.97. The average Bonchev–Trinajstić information content (AvgIpc) is 3.06. The van der Waals surface area contributed by atoms with Gasteiger partial charge < -0.3 is 0 Å². The molecule has 0 bridgehead atoms. The molecular weight excluding hydrogens is 357 g/mol. The fraction of sp³-hybridized carbons (Fsp3) is 0.364. The molecule has 2 saturated heterocycles. The van der Waals surface area contributed by atoms with Crippen LogP contribution in [0.25, 0.3) is 0 Å².